The van der Waals surface area contributed by atoms with Crippen LogP contribution in [0.15, 0.2) is 60.7 Å². The molecule has 0 saturated heterocycles. The second kappa shape index (κ2) is 14.4. The highest BCUT2D eigenvalue weighted by Gasteiger charge is 2.29. The highest BCUT2D eigenvalue weighted by atomic mass is 16.2. The van der Waals surface area contributed by atoms with Crippen molar-refractivity contribution in [3.05, 3.63) is 83.4 Å². The van der Waals surface area contributed by atoms with Gasteiger partial charge >= 0.3 is 0 Å². The third kappa shape index (κ3) is 7.08. The molecule has 2 aromatic heterocycles. The van der Waals surface area contributed by atoms with Gasteiger partial charge in [0.15, 0.2) is 11.4 Å². The Morgan fingerprint density at radius 1 is 0.848 bits per heavy atom. The Kier molecular flexibility index (Phi) is 9.94. The Labute approximate surface area is 271 Å². The number of nitrogens with two attached hydrogens (primary N) is 1. The quantitative estimate of drug-likeness (QED) is 0.271. The number of rotatable bonds is 7. The van der Waals surface area contributed by atoms with Gasteiger partial charge in [0.1, 0.15) is 11.6 Å². The number of fused-ring (bicyclic) bond motifs is 2. The van der Waals surface area contributed by atoms with Crippen molar-refractivity contribution in [2.75, 3.05) is 19.6 Å². The zero-order chi connectivity index (χ0) is 32.0. The van der Waals surface area contributed by atoms with Crippen LogP contribution in [0.2, 0.25) is 0 Å². The van der Waals surface area contributed by atoms with Crippen LogP contribution in [0.5, 0.6) is 0 Å². The number of amides is 2. The highest BCUT2D eigenvalue weighted by Crippen LogP contribution is 2.28. The minimum absolute atomic E-state index is 0.00391. The van der Waals surface area contributed by atoms with E-state index in [1.807, 2.05) is 48.5 Å². The summed E-state index contributed by atoms with van der Waals surface area (Å²) in [5.41, 5.74) is 10.4. The summed E-state index contributed by atoms with van der Waals surface area (Å²) in [7, 11) is 0. The van der Waals surface area contributed by atoms with Crippen LogP contribution in [-0.4, -0.2) is 61.5 Å². The zero-order valence-corrected chi connectivity index (χ0v) is 27.0. The minimum atomic E-state index is -0.468. The Balaban J connectivity index is 0.000000178. The van der Waals surface area contributed by atoms with E-state index < -0.39 is 5.91 Å². The Bertz CT molecular complexity index is 1640. The Morgan fingerprint density at radius 3 is 2.07 bits per heavy atom. The van der Waals surface area contributed by atoms with E-state index in [2.05, 4.69) is 55.6 Å². The molecule has 2 aromatic carbocycles. The fourth-order valence-corrected chi connectivity index (χ4v) is 6.89. The zero-order valence-electron chi connectivity index (χ0n) is 27.0. The molecule has 2 amide bonds. The first-order chi connectivity index (χ1) is 22.4. The number of carbonyl (C=O) groups is 2. The topological polar surface area (TPSA) is 123 Å². The molecule has 10 nitrogen and oxygen atoms in total. The molecule has 0 unspecified atom stereocenters. The molecule has 4 heterocycles. The Hall–Kier alpha value is -4.28. The average molecular weight is 623 g/mol. The van der Waals surface area contributed by atoms with E-state index in [0.29, 0.717) is 29.9 Å². The van der Waals surface area contributed by atoms with Gasteiger partial charge in [-0.15, -0.1) is 0 Å². The maximum Gasteiger partial charge on any atom is 0.272 e. The van der Waals surface area contributed by atoms with Crippen molar-refractivity contribution in [3.8, 4) is 22.8 Å². The maximum absolute atomic E-state index is 13.2. The lowest BCUT2D eigenvalue weighted by atomic mass is 9.95. The largest absolute Gasteiger partial charge is 0.364 e. The number of nitrogens with one attached hydrogen (secondary N) is 2. The van der Waals surface area contributed by atoms with Gasteiger partial charge in [-0.2, -0.15) is 0 Å². The number of aromatic nitrogens is 4. The van der Waals surface area contributed by atoms with Crippen LogP contribution in [0.1, 0.15) is 78.3 Å². The summed E-state index contributed by atoms with van der Waals surface area (Å²) >= 11 is 0. The second-order valence-corrected chi connectivity index (χ2v) is 13.0. The van der Waals surface area contributed by atoms with Crippen LogP contribution in [-0.2, 0) is 26.2 Å². The van der Waals surface area contributed by atoms with Gasteiger partial charge in [0.25, 0.3) is 11.8 Å². The van der Waals surface area contributed by atoms with Gasteiger partial charge < -0.3 is 25.5 Å². The van der Waals surface area contributed by atoms with E-state index in [4.69, 9.17) is 10.7 Å². The molecule has 0 spiro atoms. The molecule has 0 bridgehead atoms. The van der Waals surface area contributed by atoms with Crippen LogP contribution in [0, 0.1) is 5.92 Å². The van der Waals surface area contributed by atoms with Gasteiger partial charge in [0.2, 0.25) is 0 Å². The van der Waals surface area contributed by atoms with Crippen molar-refractivity contribution >= 4 is 11.8 Å². The molecule has 4 aromatic rings. The van der Waals surface area contributed by atoms with Crippen LogP contribution in [0.4, 0.5) is 0 Å². The van der Waals surface area contributed by atoms with Gasteiger partial charge in [0.05, 0.1) is 11.4 Å². The summed E-state index contributed by atoms with van der Waals surface area (Å²) in [5.74, 6) is 1.89. The summed E-state index contributed by atoms with van der Waals surface area (Å²) < 4.78 is 4.34. The first-order valence-electron chi connectivity index (χ1n) is 16.7. The number of carbonyl (C=O) groups excluding carboxylic acids is 2. The fourth-order valence-electron chi connectivity index (χ4n) is 6.89. The predicted molar refractivity (Wildman–Crippen MR) is 180 cm³/mol. The third-order valence-corrected chi connectivity index (χ3v) is 9.04. The van der Waals surface area contributed by atoms with Gasteiger partial charge in [-0.05, 0) is 18.8 Å². The van der Waals surface area contributed by atoms with Crippen LogP contribution in [0.3, 0.4) is 0 Å². The second-order valence-electron chi connectivity index (χ2n) is 13.0. The predicted octanol–water partition coefficient (Wildman–Crippen LogP) is 4.84. The number of primary amides is 1. The number of hydrogen-bond donors (Lipinski definition) is 3. The van der Waals surface area contributed by atoms with E-state index in [9.17, 15) is 9.59 Å². The number of benzene rings is 2. The van der Waals surface area contributed by atoms with E-state index >= 15 is 0 Å². The standard InChI is InChI=1S/C23H32N4O.C13H14N4O/c1-17(2)15-26-13-14-27-20(16-26)21(23(28)24-19-11-7-4-8-12-19)25-22(27)18-9-5-3-6-10-18;14-12(18)11-10-8-15-6-7-17(10)13(16-11)9-4-2-1-3-5-9/h3,5-6,9-10,17,19H,4,7-8,11-16H2,1-2H3,(H,24,28);1-5,15H,6-8H2,(H2,14,18). The summed E-state index contributed by atoms with van der Waals surface area (Å²) in [6.07, 6.45) is 5.89. The molecule has 1 aliphatic carbocycles. The van der Waals surface area contributed by atoms with E-state index in [0.717, 1.165) is 86.3 Å². The molecule has 46 heavy (non-hydrogen) atoms. The van der Waals surface area contributed by atoms with Gasteiger partial charge in [-0.1, -0.05) is 93.8 Å². The average Bonchev–Trinajstić information content (AvgIpc) is 3.66. The Morgan fingerprint density at radius 2 is 1.46 bits per heavy atom. The van der Waals surface area contributed by atoms with Crippen molar-refractivity contribution in [2.24, 2.45) is 11.7 Å². The van der Waals surface area contributed by atoms with Crippen LogP contribution >= 0.6 is 0 Å². The minimum Gasteiger partial charge on any atom is -0.364 e. The molecular weight excluding hydrogens is 576 g/mol. The summed E-state index contributed by atoms with van der Waals surface area (Å²) in [6, 6.07) is 20.4. The SMILES string of the molecule is CC(C)CN1CCn2c(-c3ccccc3)nc(C(=O)NC3CCCCC3)c2C1.NC(=O)c1nc(-c2ccccc2)n2c1CNCC2. The summed E-state index contributed by atoms with van der Waals surface area (Å²) in [6.45, 7) is 10.6. The molecule has 0 radical (unpaired) electrons. The lowest BCUT2D eigenvalue weighted by molar-refractivity contribution is 0.0918. The fraction of sp³-hybridized carbons (Fsp3) is 0.444. The normalized spacial score (nSPS) is 16.7. The van der Waals surface area contributed by atoms with Gasteiger partial charge in [0, 0.05) is 63.0 Å². The molecule has 1 saturated carbocycles. The van der Waals surface area contributed by atoms with Gasteiger partial charge in [-0.3, -0.25) is 14.5 Å². The van der Waals surface area contributed by atoms with Crippen LogP contribution in [0.25, 0.3) is 22.8 Å². The highest BCUT2D eigenvalue weighted by molar-refractivity contribution is 5.94. The number of nitrogens with zero attached hydrogens (tertiary/aromatic N) is 5. The third-order valence-electron chi connectivity index (χ3n) is 9.04. The van der Waals surface area contributed by atoms with Crippen molar-refractivity contribution in [2.45, 2.75) is 78.2 Å². The molecule has 1 fully saturated rings. The molecule has 0 atom stereocenters. The summed E-state index contributed by atoms with van der Waals surface area (Å²) in [5, 5.41) is 6.50. The van der Waals surface area contributed by atoms with Crippen molar-refractivity contribution in [1.82, 2.24) is 34.6 Å². The van der Waals surface area contributed by atoms with Crippen molar-refractivity contribution in [3.63, 3.8) is 0 Å². The molecule has 7 rings (SSSR count). The van der Waals surface area contributed by atoms with Crippen molar-refractivity contribution < 1.29 is 9.59 Å². The van der Waals surface area contributed by atoms with E-state index in [-0.39, 0.29) is 5.91 Å². The monoisotopic (exact) mass is 622 g/mol. The molecule has 242 valence electrons. The summed E-state index contributed by atoms with van der Waals surface area (Å²) in [4.78, 5) is 36.3. The first kappa shape index (κ1) is 31.7. The first-order valence-corrected chi connectivity index (χ1v) is 16.7. The van der Waals surface area contributed by atoms with E-state index in [1.54, 1.807) is 0 Å². The molecule has 4 N–H and O–H groups in total. The maximum atomic E-state index is 13.2. The number of imidazole rings is 2. The number of hydrogen-bond acceptors (Lipinski definition) is 6. The van der Waals surface area contributed by atoms with Gasteiger partial charge in [-0.25, -0.2) is 9.97 Å². The van der Waals surface area contributed by atoms with Crippen molar-refractivity contribution in [1.29, 1.82) is 0 Å². The van der Waals surface area contributed by atoms with E-state index in [1.165, 1.54) is 19.3 Å². The lowest BCUT2D eigenvalue weighted by Crippen LogP contribution is -2.39. The smallest absolute Gasteiger partial charge is 0.272 e. The molecule has 3 aliphatic rings. The molecular formula is C36H46N8O2. The molecule has 10 heteroatoms. The molecule has 2 aliphatic heterocycles. The lowest BCUT2D eigenvalue weighted by Gasteiger charge is -2.30. The van der Waals surface area contributed by atoms with Crippen LogP contribution < -0.4 is 16.4 Å².